The van der Waals surface area contributed by atoms with Crippen molar-refractivity contribution < 1.29 is 0 Å². The van der Waals surface area contributed by atoms with Crippen LogP contribution < -0.4 is 21.4 Å². The monoisotopic (exact) mass is 784 g/mol. The van der Waals surface area contributed by atoms with Crippen LogP contribution in [0.25, 0.3) is 22.3 Å². The molecule has 1 aliphatic heterocycles. The first-order valence-corrected chi connectivity index (χ1v) is 18.7. The van der Waals surface area contributed by atoms with E-state index in [0.29, 0.717) is 0 Å². The summed E-state index contributed by atoms with van der Waals surface area (Å²) in [7, 11) is 0. The maximum Gasteiger partial charge on any atom is 0.0485 e. The van der Waals surface area contributed by atoms with Gasteiger partial charge in [0, 0.05) is 70.0 Å². The molecule has 0 amide bonds. The Hall–Kier alpha value is -5.79. The minimum Gasteiger partial charge on any atom is -0.354 e. The van der Waals surface area contributed by atoms with E-state index < -0.39 is 0 Å². The van der Waals surface area contributed by atoms with Crippen molar-refractivity contribution in [1.82, 2.24) is 19.9 Å². The van der Waals surface area contributed by atoms with Gasteiger partial charge in [0.05, 0.1) is 0 Å². The molecule has 1 aliphatic rings. The fourth-order valence-corrected chi connectivity index (χ4v) is 7.71. The van der Waals surface area contributed by atoms with Crippen LogP contribution in [0, 0.1) is 24.3 Å². The van der Waals surface area contributed by atoms with Crippen molar-refractivity contribution >= 4 is 44.9 Å². The van der Waals surface area contributed by atoms with Gasteiger partial charge in [-0.2, -0.15) is 0 Å². The van der Waals surface area contributed by atoms with E-state index in [9.17, 15) is 0 Å². The molecule has 0 spiro atoms. The van der Waals surface area contributed by atoms with E-state index in [1.54, 1.807) is 0 Å². The third kappa shape index (κ3) is 5.91. The zero-order valence-corrected chi connectivity index (χ0v) is 31.4. The molecule has 52 heavy (non-hydrogen) atoms. The van der Waals surface area contributed by atoms with Gasteiger partial charge in [-0.15, -0.1) is 0 Å². The molecule has 0 unspecified atom stereocenters. The summed E-state index contributed by atoms with van der Waals surface area (Å²) in [5, 5.41) is 4.17. The highest BCUT2D eigenvalue weighted by Crippen LogP contribution is 2.28. The third-order valence-electron chi connectivity index (χ3n) is 10.1. The Bertz CT molecular complexity index is 2450. The maximum absolute atomic E-state index is 3.88. The molecule has 0 atom stereocenters. The maximum atomic E-state index is 3.88. The summed E-state index contributed by atoms with van der Waals surface area (Å²) in [5.41, 5.74) is 16.9. The van der Waals surface area contributed by atoms with Crippen molar-refractivity contribution in [3.05, 3.63) is 232 Å². The van der Waals surface area contributed by atoms with Gasteiger partial charge >= 0.3 is 0 Å². The van der Waals surface area contributed by atoms with E-state index in [-0.39, 0.29) is 0 Å². The number of nitrogens with one attached hydrogen (secondary N) is 4. The summed E-state index contributed by atoms with van der Waals surface area (Å²) in [4.78, 5) is 15.5. The molecular formula is C47H37IN4. The molecule has 5 heterocycles. The van der Waals surface area contributed by atoms with Gasteiger partial charge in [0.15, 0.2) is 0 Å². The number of halogens is 1. The van der Waals surface area contributed by atoms with Crippen molar-refractivity contribution in [1.29, 1.82) is 0 Å². The second-order valence-corrected chi connectivity index (χ2v) is 15.0. The number of fused-ring (bicyclic) bond motifs is 8. The first kappa shape index (κ1) is 32.1. The Kier molecular flexibility index (Phi) is 8.08. The molecule has 4 aromatic carbocycles. The normalized spacial score (nSPS) is 12.8. The zero-order chi connectivity index (χ0) is 35.3. The van der Waals surface area contributed by atoms with E-state index in [1.165, 1.54) is 20.3 Å². The number of H-pyrrole nitrogens is 4. The van der Waals surface area contributed by atoms with E-state index in [2.05, 4.69) is 209 Å². The van der Waals surface area contributed by atoms with E-state index in [1.807, 2.05) is 0 Å². The van der Waals surface area contributed by atoms with Crippen molar-refractivity contribution in [3.63, 3.8) is 0 Å². The summed E-state index contributed by atoms with van der Waals surface area (Å²) in [5.74, 6) is 0. The standard InChI is InChI=1S/C47H37IN4/c1-28-4-10-31(11-5-28)44-36-20-22-38(49-36)45(32-12-6-29(2)7-13-32)40-24-26-42(51-40)47(34-16-18-35(48)19-17-34)43-27-25-41(52-43)46(39-23-21-37(44)50-39)33-14-8-30(3)9-15-33/h4-27,49-52H,1-3H3. The van der Waals surface area contributed by atoms with E-state index in [4.69, 9.17) is 0 Å². The van der Waals surface area contributed by atoms with Crippen LogP contribution in [-0.4, -0.2) is 19.9 Å². The molecule has 4 aromatic heterocycles. The zero-order valence-electron chi connectivity index (χ0n) is 29.2. The summed E-state index contributed by atoms with van der Waals surface area (Å²) >= 11 is 2.38. The number of aryl methyl sites for hydroxylation is 3. The molecule has 5 heteroatoms. The number of rotatable bonds is 4. The summed E-state index contributed by atoms with van der Waals surface area (Å²) in [6, 6.07) is 52.9. The van der Waals surface area contributed by atoms with Gasteiger partial charge in [0.25, 0.3) is 0 Å². The fourth-order valence-electron chi connectivity index (χ4n) is 7.35. The van der Waals surface area contributed by atoms with Gasteiger partial charge in [0.2, 0.25) is 0 Å². The van der Waals surface area contributed by atoms with Crippen LogP contribution in [0.15, 0.2) is 146 Å². The molecule has 252 valence electrons. The lowest BCUT2D eigenvalue weighted by Crippen LogP contribution is -2.19. The van der Waals surface area contributed by atoms with Gasteiger partial charge in [-0.25, -0.2) is 0 Å². The van der Waals surface area contributed by atoms with Crippen LogP contribution in [0.2, 0.25) is 0 Å². The number of aromatic nitrogens is 4. The highest BCUT2D eigenvalue weighted by molar-refractivity contribution is 14.1. The molecule has 9 rings (SSSR count). The third-order valence-corrected chi connectivity index (χ3v) is 10.8. The highest BCUT2D eigenvalue weighted by Gasteiger charge is 2.18. The minimum absolute atomic E-state index is 1.04. The van der Waals surface area contributed by atoms with Gasteiger partial charge in [-0.05, 0) is 126 Å². The first-order valence-electron chi connectivity index (χ1n) is 17.6. The number of hydrogen-bond donors (Lipinski definition) is 4. The second-order valence-electron chi connectivity index (χ2n) is 13.7. The first-order chi connectivity index (χ1) is 25.4. The van der Waals surface area contributed by atoms with Crippen molar-refractivity contribution in [2.45, 2.75) is 20.8 Å². The number of benzene rings is 4. The Morgan fingerprint density at radius 2 is 0.538 bits per heavy atom. The molecule has 4 nitrogen and oxygen atoms in total. The highest BCUT2D eigenvalue weighted by atomic mass is 127. The Balaban J connectivity index is 1.43. The molecule has 0 saturated heterocycles. The molecule has 0 aliphatic carbocycles. The lowest BCUT2D eigenvalue weighted by atomic mass is 10.0. The largest absolute Gasteiger partial charge is 0.354 e. The van der Waals surface area contributed by atoms with Gasteiger partial charge in [0.1, 0.15) is 0 Å². The van der Waals surface area contributed by atoms with Crippen molar-refractivity contribution in [2.24, 2.45) is 0 Å². The quantitative estimate of drug-likeness (QED) is 0.132. The lowest BCUT2D eigenvalue weighted by molar-refractivity contribution is 1.19. The van der Waals surface area contributed by atoms with Gasteiger partial charge in [-0.3, -0.25) is 0 Å². The second kappa shape index (κ2) is 13.1. The van der Waals surface area contributed by atoms with Crippen molar-refractivity contribution in [3.8, 4) is 0 Å². The molecule has 8 aromatic rings. The summed E-state index contributed by atoms with van der Waals surface area (Å²) in [6.07, 6.45) is 0. The lowest BCUT2D eigenvalue weighted by Gasteiger charge is -2.10. The smallest absolute Gasteiger partial charge is 0.0485 e. The number of hydrogen-bond acceptors (Lipinski definition) is 0. The van der Waals surface area contributed by atoms with Crippen LogP contribution in [0.5, 0.6) is 0 Å². The SMILES string of the molecule is Cc1ccc(C2=c3ccc([nH]3)=C(c3ccc(C)cc3)c3ccc([nH]3)C(c3ccc(I)cc3)=c3ccc([nH]3)=C(c3ccc(C)cc3)c3ccc2[nH]3)cc1. The van der Waals surface area contributed by atoms with Crippen LogP contribution in [0.1, 0.15) is 61.7 Å². The molecule has 8 bridgehead atoms. The topological polar surface area (TPSA) is 63.2 Å². The molecular weight excluding hydrogens is 747 g/mol. The van der Waals surface area contributed by atoms with E-state index >= 15 is 0 Å². The Morgan fingerprint density at radius 3 is 0.808 bits per heavy atom. The molecule has 0 radical (unpaired) electrons. The van der Waals surface area contributed by atoms with Crippen LogP contribution >= 0.6 is 22.6 Å². The molecule has 0 fully saturated rings. The molecule has 0 saturated carbocycles. The average Bonchev–Trinajstić information content (AvgIpc) is 3.99. The minimum atomic E-state index is 1.04. The average molecular weight is 785 g/mol. The summed E-state index contributed by atoms with van der Waals surface area (Å²) in [6.45, 7) is 6.40. The van der Waals surface area contributed by atoms with Gasteiger partial charge < -0.3 is 19.9 Å². The predicted molar refractivity (Wildman–Crippen MR) is 221 cm³/mol. The fraction of sp³-hybridized carbons (Fsp3) is 0.0638. The van der Waals surface area contributed by atoms with E-state index in [0.717, 1.165) is 88.7 Å². The number of aromatic amines is 4. The van der Waals surface area contributed by atoms with Crippen LogP contribution in [0.4, 0.5) is 0 Å². The van der Waals surface area contributed by atoms with Crippen molar-refractivity contribution in [2.75, 3.05) is 0 Å². The predicted octanol–water partition coefficient (Wildman–Crippen LogP) is 7.83. The Morgan fingerprint density at radius 1 is 0.288 bits per heavy atom. The van der Waals surface area contributed by atoms with Crippen LogP contribution in [0.3, 0.4) is 0 Å². The summed E-state index contributed by atoms with van der Waals surface area (Å²) < 4.78 is 1.20. The van der Waals surface area contributed by atoms with Crippen LogP contribution in [-0.2, 0) is 0 Å². The van der Waals surface area contributed by atoms with Gasteiger partial charge in [-0.1, -0.05) is 102 Å². The Labute approximate surface area is 316 Å². The molecule has 4 N–H and O–H groups in total.